The van der Waals surface area contributed by atoms with Crippen LogP contribution < -0.4 is 10.1 Å². The molecule has 0 atom stereocenters. The molecule has 0 aliphatic rings. The van der Waals surface area contributed by atoms with Gasteiger partial charge in [0.1, 0.15) is 18.6 Å². The predicted molar refractivity (Wildman–Crippen MR) is 116 cm³/mol. The molecule has 1 heterocycles. The van der Waals surface area contributed by atoms with Gasteiger partial charge in [0.25, 0.3) is 0 Å². The molecule has 29 heavy (non-hydrogen) atoms. The van der Waals surface area contributed by atoms with Crippen LogP contribution in [0.25, 0.3) is 11.5 Å². The average molecular weight is 407 g/mol. The Hall–Kier alpha value is -3.17. The normalized spacial score (nSPS) is 10.3. The van der Waals surface area contributed by atoms with Crippen molar-refractivity contribution in [3.8, 4) is 29.5 Å². The van der Waals surface area contributed by atoms with Gasteiger partial charge in [-0.2, -0.15) is 0 Å². The molecule has 2 aromatic carbocycles. The van der Waals surface area contributed by atoms with Crippen molar-refractivity contribution in [2.45, 2.75) is 12.2 Å². The number of nitrogens with zero attached hydrogens (tertiary/aromatic N) is 1. The minimum absolute atomic E-state index is 0.00996. The third-order valence-electron chi connectivity index (χ3n) is 4.04. The summed E-state index contributed by atoms with van der Waals surface area (Å²) in [4.78, 5) is 16.5. The standard InChI is InChI=1S/C23H22N2O3S/c1-2-14-27-21-10-8-18(9-11-21)12-13-24-22(26)17-29-16-20-15-28-23(25-20)19-6-4-3-5-7-19/h1,3-11,15H,12-14,16-17H2,(H,24,26). The number of oxazole rings is 1. The predicted octanol–water partition coefficient (Wildman–Crippen LogP) is 3.95. The minimum atomic E-state index is 0.00996. The lowest BCUT2D eigenvalue weighted by molar-refractivity contribution is -0.118. The molecular weight excluding hydrogens is 384 g/mol. The van der Waals surface area contributed by atoms with Crippen LogP contribution in [0.2, 0.25) is 0 Å². The molecule has 148 valence electrons. The maximum atomic E-state index is 12.0. The fourth-order valence-corrected chi connectivity index (χ4v) is 3.34. The zero-order valence-electron chi connectivity index (χ0n) is 16.0. The van der Waals surface area contributed by atoms with Crippen LogP contribution in [0.3, 0.4) is 0 Å². The fourth-order valence-electron chi connectivity index (χ4n) is 2.61. The van der Waals surface area contributed by atoms with Crippen molar-refractivity contribution in [2.24, 2.45) is 0 Å². The van der Waals surface area contributed by atoms with Gasteiger partial charge in [-0.25, -0.2) is 4.98 Å². The zero-order chi connectivity index (χ0) is 20.3. The highest BCUT2D eigenvalue weighted by Gasteiger charge is 2.08. The van der Waals surface area contributed by atoms with Crippen molar-refractivity contribution in [1.29, 1.82) is 0 Å². The van der Waals surface area contributed by atoms with Gasteiger partial charge in [-0.15, -0.1) is 18.2 Å². The van der Waals surface area contributed by atoms with Gasteiger partial charge in [-0.3, -0.25) is 4.79 Å². The second-order valence-corrected chi connectivity index (χ2v) is 7.23. The van der Waals surface area contributed by atoms with E-state index in [9.17, 15) is 4.79 Å². The largest absolute Gasteiger partial charge is 0.481 e. The summed E-state index contributed by atoms with van der Waals surface area (Å²) in [5.74, 6) is 4.80. The van der Waals surface area contributed by atoms with Crippen LogP contribution in [0.4, 0.5) is 0 Å². The average Bonchev–Trinajstić information content (AvgIpc) is 3.23. The van der Waals surface area contributed by atoms with Crippen molar-refractivity contribution in [3.63, 3.8) is 0 Å². The summed E-state index contributed by atoms with van der Waals surface area (Å²) in [7, 11) is 0. The van der Waals surface area contributed by atoms with Crippen LogP contribution in [0.1, 0.15) is 11.3 Å². The van der Waals surface area contributed by atoms with Crippen molar-refractivity contribution in [3.05, 3.63) is 72.1 Å². The molecule has 0 saturated heterocycles. The monoisotopic (exact) mass is 406 g/mol. The van der Waals surface area contributed by atoms with E-state index in [1.54, 1.807) is 6.26 Å². The molecule has 0 radical (unpaired) electrons. The van der Waals surface area contributed by atoms with E-state index < -0.39 is 0 Å². The molecule has 0 spiro atoms. The topological polar surface area (TPSA) is 64.4 Å². The number of hydrogen-bond acceptors (Lipinski definition) is 5. The number of rotatable bonds is 10. The van der Waals surface area contributed by atoms with Gasteiger partial charge in [-0.05, 0) is 36.2 Å². The Morgan fingerprint density at radius 3 is 2.72 bits per heavy atom. The first-order valence-electron chi connectivity index (χ1n) is 9.24. The summed E-state index contributed by atoms with van der Waals surface area (Å²) in [6.45, 7) is 0.848. The van der Waals surface area contributed by atoms with E-state index in [0.29, 0.717) is 23.9 Å². The molecule has 1 N–H and O–H groups in total. The molecule has 6 heteroatoms. The molecule has 0 aliphatic heterocycles. The van der Waals surface area contributed by atoms with E-state index >= 15 is 0 Å². The Morgan fingerprint density at radius 1 is 1.17 bits per heavy atom. The van der Waals surface area contributed by atoms with Gasteiger partial charge < -0.3 is 14.5 Å². The Bertz CT molecular complexity index is 946. The number of hydrogen-bond donors (Lipinski definition) is 1. The first kappa shape index (κ1) is 20.6. The second-order valence-electron chi connectivity index (χ2n) is 6.24. The van der Waals surface area contributed by atoms with Gasteiger partial charge in [0.05, 0.1) is 11.4 Å². The molecule has 1 aromatic heterocycles. The van der Waals surface area contributed by atoms with Crippen LogP contribution in [0.15, 0.2) is 65.3 Å². The Kier molecular flexibility index (Phi) is 7.79. The summed E-state index contributed by atoms with van der Waals surface area (Å²) in [5, 5.41) is 2.94. The molecule has 3 aromatic rings. The number of ether oxygens (including phenoxy) is 1. The fraction of sp³-hybridized carbons (Fsp3) is 0.217. The smallest absolute Gasteiger partial charge is 0.230 e. The summed E-state index contributed by atoms with van der Waals surface area (Å²) in [6.07, 6.45) is 7.57. The number of benzene rings is 2. The zero-order valence-corrected chi connectivity index (χ0v) is 16.8. The molecule has 0 fully saturated rings. The highest BCUT2D eigenvalue weighted by molar-refractivity contribution is 7.99. The highest BCUT2D eigenvalue weighted by atomic mass is 32.2. The number of nitrogens with one attached hydrogen (secondary N) is 1. The van der Waals surface area contributed by atoms with E-state index in [4.69, 9.17) is 15.6 Å². The summed E-state index contributed by atoms with van der Waals surface area (Å²) in [6, 6.07) is 17.5. The lowest BCUT2D eigenvalue weighted by atomic mass is 10.1. The van der Waals surface area contributed by atoms with Crippen LogP contribution in [0.5, 0.6) is 5.75 Å². The number of thioether (sulfide) groups is 1. The third kappa shape index (κ3) is 6.74. The summed E-state index contributed by atoms with van der Waals surface area (Å²) < 4.78 is 10.8. The Labute approximate surface area is 174 Å². The summed E-state index contributed by atoms with van der Waals surface area (Å²) in [5.41, 5.74) is 2.90. The van der Waals surface area contributed by atoms with E-state index in [1.165, 1.54) is 11.8 Å². The number of carbonyl (C=O) groups is 1. The van der Waals surface area contributed by atoms with E-state index in [1.807, 2.05) is 54.6 Å². The maximum Gasteiger partial charge on any atom is 0.230 e. The van der Waals surface area contributed by atoms with Crippen LogP contribution >= 0.6 is 11.8 Å². The lowest BCUT2D eigenvalue weighted by Gasteiger charge is -2.06. The Morgan fingerprint density at radius 2 is 1.97 bits per heavy atom. The number of terminal acetylenes is 1. The summed E-state index contributed by atoms with van der Waals surface area (Å²) >= 11 is 1.51. The first-order valence-corrected chi connectivity index (χ1v) is 10.4. The quantitative estimate of drug-likeness (QED) is 0.517. The SMILES string of the molecule is C#CCOc1ccc(CCNC(=O)CSCc2coc(-c3ccccc3)n2)cc1. The van der Waals surface area contributed by atoms with Crippen LogP contribution in [-0.2, 0) is 17.0 Å². The van der Waals surface area contributed by atoms with Gasteiger partial charge >= 0.3 is 0 Å². The van der Waals surface area contributed by atoms with Gasteiger partial charge in [0.2, 0.25) is 11.8 Å². The number of aromatic nitrogens is 1. The number of amides is 1. The van der Waals surface area contributed by atoms with Crippen LogP contribution in [-0.4, -0.2) is 29.8 Å². The molecule has 1 amide bonds. The second kappa shape index (κ2) is 11.0. The van der Waals surface area contributed by atoms with Crippen molar-refractivity contribution < 1.29 is 13.9 Å². The molecule has 5 nitrogen and oxygen atoms in total. The molecule has 0 unspecified atom stereocenters. The van der Waals surface area contributed by atoms with Crippen molar-refractivity contribution >= 4 is 17.7 Å². The van der Waals surface area contributed by atoms with E-state index in [-0.39, 0.29) is 12.5 Å². The molecule has 0 saturated carbocycles. The molecule has 0 aliphatic carbocycles. The van der Waals surface area contributed by atoms with Crippen LogP contribution in [0, 0.1) is 12.3 Å². The Balaban J connectivity index is 1.33. The van der Waals surface area contributed by atoms with Gasteiger partial charge in [-0.1, -0.05) is 36.3 Å². The highest BCUT2D eigenvalue weighted by Crippen LogP contribution is 2.20. The molecular formula is C23H22N2O3S. The van der Waals surface area contributed by atoms with E-state index in [2.05, 4.69) is 16.2 Å². The van der Waals surface area contributed by atoms with E-state index in [0.717, 1.165) is 29.0 Å². The first-order chi connectivity index (χ1) is 14.2. The molecule has 3 rings (SSSR count). The van der Waals surface area contributed by atoms with Gasteiger partial charge in [0, 0.05) is 17.9 Å². The van der Waals surface area contributed by atoms with Crippen molar-refractivity contribution in [1.82, 2.24) is 10.3 Å². The minimum Gasteiger partial charge on any atom is -0.481 e. The molecule has 0 bridgehead atoms. The lowest BCUT2D eigenvalue weighted by Crippen LogP contribution is -2.27. The third-order valence-corrected chi connectivity index (χ3v) is 5.00. The van der Waals surface area contributed by atoms with Gasteiger partial charge in [0.15, 0.2) is 0 Å². The number of carbonyl (C=O) groups excluding carboxylic acids is 1. The maximum absolute atomic E-state index is 12.0. The van der Waals surface area contributed by atoms with Crippen molar-refractivity contribution in [2.75, 3.05) is 18.9 Å².